The predicted octanol–water partition coefficient (Wildman–Crippen LogP) is 2.70. The van der Waals surface area contributed by atoms with Gasteiger partial charge in [0.25, 0.3) is 0 Å². The summed E-state index contributed by atoms with van der Waals surface area (Å²) in [5, 5.41) is 8.97. The number of hydrogen-bond acceptors (Lipinski definition) is 2. The summed E-state index contributed by atoms with van der Waals surface area (Å²) in [5.41, 5.74) is 5.04. The van der Waals surface area contributed by atoms with Crippen molar-refractivity contribution in [3.8, 4) is 17.2 Å². The Kier molecular flexibility index (Phi) is 2.46. The van der Waals surface area contributed by atoms with Crippen LogP contribution in [-0.2, 0) is 0 Å². The molecule has 0 saturated heterocycles. The Hall–Kier alpha value is -2.80. The number of aromatic amines is 2. The van der Waals surface area contributed by atoms with Crippen molar-refractivity contribution in [1.29, 1.82) is 5.26 Å². The molecule has 2 N–H and O–H groups in total. The molecule has 0 radical (unpaired) electrons. The highest BCUT2D eigenvalue weighted by molar-refractivity contribution is 5.82. The number of hydrogen-bond donors (Lipinski definition) is 2. The van der Waals surface area contributed by atoms with Crippen LogP contribution in [0.4, 0.5) is 0 Å². The third kappa shape index (κ3) is 1.91. The number of H-pyrrole nitrogens is 2. The van der Waals surface area contributed by atoms with Gasteiger partial charge in [-0.1, -0.05) is 12.1 Å². The fourth-order valence-electron chi connectivity index (χ4n) is 2.20. The molecule has 0 unspecified atom stereocenters. The van der Waals surface area contributed by atoms with Gasteiger partial charge in [0.15, 0.2) is 0 Å². The molecule has 1 aromatic heterocycles. The van der Waals surface area contributed by atoms with Crippen molar-refractivity contribution in [2.24, 2.45) is 0 Å². The van der Waals surface area contributed by atoms with Gasteiger partial charge in [-0.2, -0.15) is 5.26 Å². The zero-order valence-electron chi connectivity index (χ0n) is 10.3. The summed E-state index contributed by atoms with van der Waals surface area (Å²) >= 11 is 0. The number of nitriles is 1. The van der Waals surface area contributed by atoms with Crippen molar-refractivity contribution in [1.82, 2.24) is 9.97 Å². The van der Waals surface area contributed by atoms with E-state index in [-0.39, 0.29) is 5.69 Å². The first kappa shape index (κ1) is 11.3. The van der Waals surface area contributed by atoms with Crippen molar-refractivity contribution in [3.63, 3.8) is 0 Å². The van der Waals surface area contributed by atoms with Gasteiger partial charge >= 0.3 is 5.69 Å². The molecule has 0 amide bonds. The maximum atomic E-state index is 11.2. The van der Waals surface area contributed by atoms with Crippen molar-refractivity contribution >= 4 is 11.0 Å². The first-order valence-electron chi connectivity index (χ1n) is 5.90. The molecule has 0 spiro atoms. The van der Waals surface area contributed by atoms with Crippen LogP contribution in [0.25, 0.3) is 22.2 Å². The second-order valence-corrected chi connectivity index (χ2v) is 4.48. The van der Waals surface area contributed by atoms with E-state index in [2.05, 4.69) is 16.0 Å². The van der Waals surface area contributed by atoms with E-state index in [9.17, 15) is 4.79 Å². The molecule has 0 atom stereocenters. The van der Waals surface area contributed by atoms with Crippen LogP contribution in [0.15, 0.2) is 41.2 Å². The summed E-state index contributed by atoms with van der Waals surface area (Å²) in [6.07, 6.45) is 0. The third-order valence-electron chi connectivity index (χ3n) is 3.19. The van der Waals surface area contributed by atoms with E-state index in [1.807, 2.05) is 37.3 Å². The summed E-state index contributed by atoms with van der Waals surface area (Å²) < 4.78 is 0. The topological polar surface area (TPSA) is 72.4 Å². The minimum atomic E-state index is -0.213. The number of imidazole rings is 1. The molecule has 2 aromatic carbocycles. The van der Waals surface area contributed by atoms with E-state index in [1.165, 1.54) is 0 Å². The lowest BCUT2D eigenvalue weighted by Gasteiger charge is -2.06. The molecule has 3 rings (SSSR count). The Balaban J connectivity index is 2.23. The number of aromatic nitrogens is 2. The van der Waals surface area contributed by atoms with E-state index in [1.54, 1.807) is 6.07 Å². The highest BCUT2D eigenvalue weighted by Gasteiger charge is 2.06. The average molecular weight is 249 g/mol. The van der Waals surface area contributed by atoms with Crippen molar-refractivity contribution in [2.45, 2.75) is 6.92 Å². The second-order valence-electron chi connectivity index (χ2n) is 4.48. The van der Waals surface area contributed by atoms with E-state index in [0.717, 1.165) is 27.7 Å². The molecule has 92 valence electrons. The predicted molar refractivity (Wildman–Crippen MR) is 73.8 cm³/mol. The molecule has 3 aromatic rings. The zero-order valence-corrected chi connectivity index (χ0v) is 10.3. The average Bonchev–Trinajstić information content (AvgIpc) is 2.78. The summed E-state index contributed by atoms with van der Waals surface area (Å²) in [6.45, 7) is 2.00. The lowest BCUT2D eigenvalue weighted by Crippen LogP contribution is -1.99. The van der Waals surface area contributed by atoms with Crippen molar-refractivity contribution in [2.75, 3.05) is 0 Å². The largest absolute Gasteiger partial charge is 0.323 e. The van der Waals surface area contributed by atoms with Crippen LogP contribution in [0, 0.1) is 18.3 Å². The minimum Gasteiger partial charge on any atom is -0.306 e. The van der Waals surface area contributed by atoms with E-state index in [0.29, 0.717) is 5.56 Å². The Morgan fingerprint density at radius 1 is 1.05 bits per heavy atom. The van der Waals surface area contributed by atoms with Crippen LogP contribution >= 0.6 is 0 Å². The van der Waals surface area contributed by atoms with Gasteiger partial charge < -0.3 is 9.97 Å². The lowest BCUT2D eigenvalue weighted by atomic mass is 9.98. The number of nitrogens with zero attached hydrogens (tertiary/aromatic N) is 1. The van der Waals surface area contributed by atoms with Gasteiger partial charge in [0.1, 0.15) is 0 Å². The molecule has 4 nitrogen and oxygen atoms in total. The second kappa shape index (κ2) is 4.14. The molecule has 0 fully saturated rings. The number of benzene rings is 2. The summed E-state index contributed by atoms with van der Waals surface area (Å²) in [4.78, 5) is 16.7. The van der Waals surface area contributed by atoms with E-state index >= 15 is 0 Å². The smallest absolute Gasteiger partial charge is 0.306 e. The highest BCUT2D eigenvalue weighted by Crippen LogP contribution is 2.26. The number of fused-ring (bicyclic) bond motifs is 1. The SMILES string of the molecule is Cc1ccc(C#N)cc1-c1ccc2[nH]c(=O)[nH]c2c1. The van der Waals surface area contributed by atoms with Gasteiger partial charge in [-0.15, -0.1) is 0 Å². The Bertz CT molecular complexity index is 865. The quantitative estimate of drug-likeness (QED) is 0.696. The zero-order chi connectivity index (χ0) is 13.4. The maximum absolute atomic E-state index is 11.2. The lowest BCUT2D eigenvalue weighted by molar-refractivity contribution is 1.22. The van der Waals surface area contributed by atoms with E-state index < -0.39 is 0 Å². The molecule has 19 heavy (non-hydrogen) atoms. The number of aryl methyl sites for hydroxylation is 1. The van der Waals surface area contributed by atoms with Gasteiger partial charge in [0.2, 0.25) is 0 Å². The fourth-order valence-corrected chi connectivity index (χ4v) is 2.20. The molecule has 0 saturated carbocycles. The molecular formula is C15H11N3O. The molecule has 1 heterocycles. The Labute approximate surface area is 109 Å². The monoisotopic (exact) mass is 249 g/mol. The first-order chi connectivity index (χ1) is 9.17. The van der Waals surface area contributed by atoms with Crippen LogP contribution < -0.4 is 5.69 Å². The van der Waals surface area contributed by atoms with Gasteiger partial charge in [-0.3, -0.25) is 0 Å². The van der Waals surface area contributed by atoms with Crippen LogP contribution in [-0.4, -0.2) is 9.97 Å². The molecule has 4 heteroatoms. The molecule has 0 aliphatic rings. The van der Waals surface area contributed by atoms with Crippen LogP contribution in [0.2, 0.25) is 0 Å². The molecular weight excluding hydrogens is 238 g/mol. The summed E-state index contributed by atoms with van der Waals surface area (Å²) in [7, 11) is 0. The molecule has 0 aliphatic heterocycles. The molecule has 0 aliphatic carbocycles. The third-order valence-corrected chi connectivity index (χ3v) is 3.19. The molecule has 0 bridgehead atoms. The Morgan fingerprint density at radius 2 is 1.84 bits per heavy atom. The van der Waals surface area contributed by atoms with Crippen molar-refractivity contribution < 1.29 is 0 Å². The first-order valence-corrected chi connectivity index (χ1v) is 5.90. The normalized spacial score (nSPS) is 10.5. The highest BCUT2D eigenvalue weighted by atomic mass is 16.1. The van der Waals surface area contributed by atoms with Gasteiger partial charge in [0.05, 0.1) is 22.7 Å². The van der Waals surface area contributed by atoms with Crippen LogP contribution in [0.1, 0.15) is 11.1 Å². The van der Waals surface area contributed by atoms with E-state index in [4.69, 9.17) is 5.26 Å². The summed E-state index contributed by atoms with van der Waals surface area (Å²) in [5.74, 6) is 0. The number of nitrogens with one attached hydrogen (secondary N) is 2. The van der Waals surface area contributed by atoms with Crippen LogP contribution in [0.3, 0.4) is 0 Å². The fraction of sp³-hybridized carbons (Fsp3) is 0.0667. The Morgan fingerprint density at radius 3 is 2.63 bits per heavy atom. The summed E-state index contributed by atoms with van der Waals surface area (Å²) in [6, 6.07) is 13.4. The number of rotatable bonds is 1. The van der Waals surface area contributed by atoms with Gasteiger partial charge in [-0.25, -0.2) is 4.79 Å². The standard InChI is InChI=1S/C15H11N3O/c1-9-2-3-10(8-16)6-12(9)11-4-5-13-14(7-11)18-15(19)17-13/h2-7H,1H3,(H2,17,18,19). The van der Waals surface area contributed by atoms with Gasteiger partial charge in [0, 0.05) is 0 Å². The maximum Gasteiger partial charge on any atom is 0.323 e. The van der Waals surface area contributed by atoms with Crippen molar-refractivity contribution in [3.05, 3.63) is 58.0 Å². The minimum absolute atomic E-state index is 0.213. The van der Waals surface area contributed by atoms with Crippen LogP contribution in [0.5, 0.6) is 0 Å². The van der Waals surface area contributed by atoms with Gasteiger partial charge in [-0.05, 0) is 47.9 Å².